The van der Waals surface area contributed by atoms with Gasteiger partial charge in [-0.05, 0) is 62.2 Å². The summed E-state index contributed by atoms with van der Waals surface area (Å²) in [6, 6.07) is 22.2. The largest absolute Gasteiger partial charge is 0.508 e. The minimum absolute atomic E-state index is 0.137. The molecule has 4 rings (SSSR count). The summed E-state index contributed by atoms with van der Waals surface area (Å²) in [5.41, 5.74) is 4.45. The Morgan fingerprint density at radius 3 is 2.39 bits per heavy atom. The quantitative estimate of drug-likeness (QED) is 0.350. The Labute approximate surface area is 198 Å². The number of hydrogen-bond acceptors (Lipinski definition) is 3. The Hall–Kier alpha value is -3.57. The predicted molar refractivity (Wildman–Crippen MR) is 133 cm³/mol. The van der Waals surface area contributed by atoms with Gasteiger partial charge in [0, 0.05) is 22.7 Å². The monoisotopic (exact) mass is 459 g/mol. The van der Waals surface area contributed by atoms with E-state index in [1.165, 1.54) is 0 Å². The third-order valence-electron chi connectivity index (χ3n) is 5.58. The van der Waals surface area contributed by atoms with Crippen LogP contribution in [0.3, 0.4) is 0 Å². The molecule has 0 aliphatic rings. The SMILES string of the molecule is CCn1c(-c2ccccc2)nc(-c2cc(C)cc(O)c2)c1C(=O)NC(C)c1ccc(Cl)cc1. The number of carbonyl (C=O) groups is 1. The fraction of sp³-hybridized carbons (Fsp3) is 0.185. The summed E-state index contributed by atoms with van der Waals surface area (Å²) in [5.74, 6) is 0.613. The lowest BCUT2D eigenvalue weighted by molar-refractivity contribution is 0.0931. The van der Waals surface area contributed by atoms with Gasteiger partial charge in [-0.25, -0.2) is 4.98 Å². The third-order valence-corrected chi connectivity index (χ3v) is 5.84. The Bertz CT molecular complexity index is 1260. The average molecular weight is 460 g/mol. The van der Waals surface area contributed by atoms with Crippen LogP contribution in [0.25, 0.3) is 22.6 Å². The number of phenols is 1. The first-order chi connectivity index (χ1) is 15.9. The zero-order valence-corrected chi connectivity index (χ0v) is 19.6. The van der Waals surface area contributed by atoms with Crippen LogP contribution < -0.4 is 5.32 Å². The van der Waals surface area contributed by atoms with Crippen LogP contribution in [0.15, 0.2) is 72.8 Å². The average Bonchev–Trinajstić information content (AvgIpc) is 3.19. The highest BCUT2D eigenvalue weighted by Crippen LogP contribution is 2.32. The molecule has 0 saturated heterocycles. The molecule has 0 spiro atoms. The zero-order valence-electron chi connectivity index (χ0n) is 18.8. The highest BCUT2D eigenvalue weighted by molar-refractivity contribution is 6.30. The van der Waals surface area contributed by atoms with Crippen molar-refractivity contribution in [3.05, 3.63) is 94.6 Å². The maximum atomic E-state index is 13.6. The number of imidazole rings is 1. The molecule has 1 unspecified atom stereocenters. The number of amides is 1. The minimum atomic E-state index is -0.232. The summed E-state index contributed by atoms with van der Waals surface area (Å²) in [7, 11) is 0. The number of nitrogens with zero attached hydrogens (tertiary/aromatic N) is 2. The molecular weight excluding hydrogens is 434 g/mol. The predicted octanol–water partition coefficient (Wildman–Crippen LogP) is 6.40. The van der Waals surface area contributed by atoms with Gasteiger partial charge in [-0.1, -0.05) is 54.1 Å². The van der Waals surface area contributed by atoms with Crippen LogP contribution in [0.4, 0.5) is 0 Å². The zero-order chi connectivity index (χ0) is 23.5. The van der Waals surface area contributed by atoms with Gasteiger partial charge >= 0.3 is 0 Å². The van der Waals surface area contributed by atoms with Crippen molar-refractivity contribution in [2.75, 3.05) is 0 Å². The molecule has 1 heterocycles. The van der Waals surface area contributed by atoms with Gasteiger partial charge in [0.25, 0.3) is 5.91 Å². The number of carbonyl (C=O) groups excluding carboxylic acids is 1. The number of benzene rings is 3. The molecule has 0 aliphatic carbocycles. The van der Waals surface area contributed by atoms with E-state index < -0.39 is 0 Å². The first-order valence-electron chi connectivity index (χ1n) is 10.9. The Morgan fingerprint density at radius 1 is 1.06 bits per heavy atom. The van der Waals surface area contributed by atoms with Gasteiger partial charge < -0.3 is 15.0 Å². The van der Waals surface area contributed by atoms with Gasteiger partial charge in [0.05, 0.1) is 6.04 Å². The van der Waals surface area contributed by atoms with Crippen molar-refractivity contribution >= 4 is 17.5 Å². The van der Waals surface area contributed by atoms with E-state index in [1.54, 1.807) is 12.1 Å². The van der Waals surface area contributed by atoms with Crippen molar-refractivity contribution in [3.63, 3.8) is 0 Å². The van der Waals surface area contributed by atoms with Crippen molar-refractivity contribution in [2.24, 2.45) is 0 Å². The lowest BCUT2D eigenvalue weighted by Crippen LogP contribution is -2.29. The molecule has 4 aromatic rings. The second-order valence-electron chi connectivity index (χ2n) is 8.05. The molecule has 33 heavy (non-hydrogen) atoms. The molecule has 0 bridgehead atoms. The van der Waals surface area contributed by atoms with E-state index in [4.69, 9.17) is 16.6 Å². The Kier molecular flexibility index (Phi) is 6.52. The van der Waals surface area contributed by atoms with Crippen LogP contribution in [-0.2, 0) is 6.54 Å². The fourth-order valence-corrected chi connectivity index (χ4v) is 4.13. The fourth-order valence-electron chi connectivity index (χ4n) is 4.00. The van der Waals surface area contributed by atoms with E-state index >= 15 is 0 Å². The molecule has 168 valence electrons. The van der Waals surface area contributed by atoms with Crippen LogP contribution in [0.1, 0.15) is 41.5 Å². The Balaban J connectivity index is 1.83. The molecule has 1 atom stereocenters. The molecule has 2 N–H and O–H groups in total. The van der Waals surface area contributed by atoms with Crippen LogP contribution in [0.5, 0.6) is 5.75 Å². The first-order valence-corrected chi connectivity index (χ1v) is 11.3. The number of aromatic nitrogens is 2. The maximum absolute atomic E-state index is 13.6. The highest BCUT2D eigenvalue weighted by Gasteiger charge is 2.25. The lowest BCUT2D eigenvalue weighted by Gasteiger charge is -2.17. The number of phenolic OH excluding ortho intramolecular Hbond substituents is 1. The van der Waals surface area contributed by atoms with Crippen molar-refractivity contribution in [2.45, 2.75) is 33.4 Å². The number of hydrogen-bond donors (Lipinski definition) is 2. The molecule has 0 saturated carbocycles. The summed E-state index contributed by atoms with van der Waals surface area (Å²) >= 11 is 6.01. The highest BCUT2D eigenvalue weighted by atomic mass is 35.5. The summed E-state index contributed by atoms with van der Waals surface area (Å²) < 4.78 is 1.92. The summed E-state index contributed by atoms with van der Waals surface area (Å²) in [4.78, 5) is 18.5. The summed E-state index contributed by atoms with van der Waals surface area (Å²) in [6.45, 7) is 6.39. The number of rotatable bonds is 6. The molecule has 0 aliphatic heterocycles. The lowest BCUT2D eigenvalue weighted by atomic mass is 10.1. The molecule has 0 fully saturated rings. The van der Waals surface area contributed by atoms with Gasteiger partial charge in [-0.3, -0.25) is 4.79 Å². The van der Waals surface area contributed by atoms with E-state index in [0.717, 1.165) is 16.7 Å². The molecule has 3 aromatic carbocycles. The van der Waals surface area contributed by atoms with Crippen LogP contribution >= 0.6 is 11.6 Å². The van der Waals surface area contributed by atoms with Crippen LogP contribution in [0.2, 0.25) is 5.02 Å². The molecule has 5 nitrogen and oxygen atoms in total. The third kappa shape index (κ3) is 4.78. The second-order valence-corrected chi connectivity index (χ2v) is 8.48. The summed E-state index contributed by atoms with van der Waals surface area (Å²) in [6.07, 6.45) is 0. The topological polar surface area (TPSA) is 67.1 Å². The number of nitrogens with one attached hydrogen (secondary N) is 1. The van der Waals surface area contributed by atoms with E-state index in [2.05, 4.69) is 5.32 Å². The van der Waals surface area contributed by atoms with Gasteiger partial charge in [-0.2, -0.15) is 0 Å². The normalized spacial score (nSPS) is 11.9. The number of halogens is 1. The summed E-state index contributed by atoms with van der Waals surface area (Å²) in [5, 5.41) is 14.0. The van der Waals surface area contributed by atoms with E-state index in [9.17, 15) is 9.90 Å². The van der Waals surface area contributed by atoms with Crippen molar-refractivity contribution in [1.82, 2.24) is 14.9 Å². The second kappa shape index (κ2) is 9.51. The molecular formula is C27H26ClN3O2. The van der Waals surface area contributed by atoms with Crippen molar-refractivity contribution in [3.8, 4) is 28.4 Å². The van der Waals surface area contributed by atoms with Gasteiger partial charge in [-0.15, -0.1) is 0 Å². The van der Waals surface area contributed by atoms with Gasteiger partial charge in [0.15, 0.2) is 0 Å². The minimum Gasteiger partial charge on any atom is -0.508 e. The van der Waals surface area contributed by atoms with Gasteiger partial charge in [0.1, 0.15) is 23.0 Å². The van der Waals surface area contributed by atoms with E-state index in [0.29, 0.717) is 34.3 Å². The van der Waals surface area contributed by atoms with E-state index in [1.807, 2.05) is 86.0 Å². The smallest absolute Gasteiger partial charge is 0.270 e. The van der Waals surface area contributed by atoms with Crippen molar-refractivity contribution in [1.29, 1.82) is 0 Å². The Morgan fingerprint density at radius 2 is 1.76 bits per heavy atom. The van der Waals surface area contributed by atoms with E-state index in [-0.39, 0.29) is 17.7 Å². The van der Waals surface area contributed by atoms with Crippen LogP contribution in [0, 0.1) is 6.92 Å². The maximum Gasteiger partial charge on any atom is 0.270 e. The molecule has 0 radical (unpaired) electrons. The first kappa shape index (κ1) is 22.6. The van der Waals surface area contributed by atoms with Gasteiger partial charge in [0.2, 0.25) is 0 Å². The number of aromatic hydroxyl groups is 1. The molecule has 6 heteroatoms. The van der Waals surface area contributed by atoms with Crippen LogP contribution in [-0.4, -0.2) is 20.6 Å². The molecule has 1 aromatic heterocycles. The number of aryl methyl sites for hydroxylation is 1. The standard InChI is InChI=1S/C27H26ClN3O2/c1-4-31-25(27(33)29-18(3)19-10-12-22(28)13-11-19)24(21-14-17(2)15-23(32)16-21)30-26(31)20-8-6-5-7-9-20/h5-16,18,32H,4H2,1-3H3,(H,29,33). The van der Waals surface area contributed by atoms with Crippen molar-refractivity contribution < 1.29 is 9.90 Å². The molecule has 1 amide bonds.